The monoisotopic (exact) mass is 301 g/mol. The van der Waals surface area contributed by atoms with Crippen LogP contribution in [0.1, 0.15) is 19.2 Å². The summed E-state index contributed by atoms with van der Waals surface area (Å²) in [6.45, 7) is 0.888. The third-order valence-corrected chi connectivity index (χ3v) is 3.08. The van der Waals surface area contributed by atoms with Crippen molar-refractivity contribution in [3.63, 3.8) is 0 Å². The van der Waals surface area contributed by atoms with Crippen LogP contribution in [0.3, 0.4) is 0 Å². The van der Waals surface area contributed by atoms with E-state index in [-0.39, 0.29) is 17.8 Å². The third kappa shape index (κ3) is 2.32. The summed E-state index contributed by atoms with van der Waals surface area (Å²) in [5.74, 6) is -1.03. The van der Waals surface area contributed by atoms with Gasteiger partial charge in [0.25, 0.3) is 12.0 Å². The van der Waals surface area contributed by atoms with Gasteiger partial charge in [0.1, 0.15) is 6.67 Å². The first kappa shape index (κ1) is 14.9. The first-order valence-corrected chi connectivity index (χ1v) is 5.94. The topological polar surface area (TPSA) is 90.9 Å². The second kappa shape index (κ2) is 5.11. The molecule has 0 radical (unpaired) electrons. The fourth-order valence-corrected chi connectivity index (χ4v) is 1.99. The molecule has 1 amide bonds. The summed E-state index contributed by atoms with van der Waals surface area (Å²) < 4.78 is 28.4. The highest BCUT2D eigenvalue weighted by Crippen LogP contribution is 2.19. The quantitative estimate of drug-likeness (QED) is 0.824. The van der Waals surface area contributed by atoms with Gasteiger partial charge in [-0.25, -0.2) is 23.1 Å². The van der Waals surface area contributed by atoms with E-state index in [1.165, 1.54) is 21.0 Å². The van der Waals surface area contributed by atoms with Crippen molar-refractivity contribution in [1.29, 1.82) is 0 Å². The van der Waals surface area contributed by atoms with Gasteiger partial charge in [0.15, 0.2) is 17.0 Å². The predicted octanol–water partition coefficient (Wildman–Crippen LogP) is -0.535. The highest BCUT2D eigenvalue weighted by atomic mass is 19.3. The molecule has 0 aliphatic carbocycles. The van der Waals surface area contributed by atoms with Gasteiger partial charge in [0.2, 0.25) is 5.91 Å². The highest BCUT2D eigenvalue weighted by Gasteiger charge is 2.22. The minimum Gasteiger partial charge on any atom is -0.338 e. The zero-order chi connectivity index (χ0) is 15.9. The van der Waals surface area contributed by atoms with Crippen molar-refractivity contribution in [2.24, 2.45) is 14.1 Å². The lowest BCUT2D eigenvalue weighted by molar-refractivity contribution is -0.119. The summed E-state index contributed by atoms with van der Waals surface area (Å²) in [5, 5.41) is 2.32. The number of nitrogens with one attached hydrogen (secondary N) is 1. The zero-order valence-corrected chi connectivity index (χ0v) is 11.6. The van der Waals surface area contributed by atoms with Crippen LogP contribution in [0.2, 0.25) is 0 Å². The number of amides is 1. The molecule has 2 aromatic rings. The Labute approximate surface area is 116 Å². The Morgan fingerprint density at radius 2 is 1.90 bits per heavy atom. The number of hydrogen-bond acceptors (Lipinski definition) is 4. The summed E-state index contributed by atoms with van der Waals surface area (Å²) in [6, 6.07) is 0. The molecule has 21 heavy (non-hydrogen) atoms. The van der Waals surface area contributed by atoms with Crippen LogP contribution in [0.15, 0.2) is 9.59 Å². The molecule has 0 aromatic carbocycles. The molecule has 0 aliphatic rings. The van der Waals surface area contributed by atoms with E-state index in [1.807, 2.05) is 0 Å². The third-order valence-electron chi connectivity index (χ3n) is 3.08. The minimum atomic E-state index is -2.87. The van der Waals surface area contributed by atoms with Gasteiger partial charge in [-0.05, 0) is 0 Å². The van der Waals surface area contributed by atoms with E-state index in [9.17, 15) is 23.2 Å². The van der Waals surface area contributed by atoms with Crippen molar-refractivity contribution in [3.8, 4) is 0 Å². The average Bonchev–Trinajstić information content (AvgIpc) is 2.74. The van der Waals surface area contributed by atoms with E-state index in [2.05, 4.69) is 10.3 Å². The Kier molecular flexibility index (Phi) is 3.62. The second-order valence-electron chi connectivity index (χ2n) is 4.47. The van der Waals surface area contributed by atoms with E-state index in [1.54, 1.807) is 0 Å². The number of aryl methyl sites for hydroxylation is 2. The maximum absolute atomic E-state index is 12.8. The largest absolute Gasteiger partial charge is 0.338 e. The molecule has 0 saturated heterocycles. The van der Waals surface area contributed by atoms with Crippen LogP contribution in [0.25, 0.3) is 11.2 Å². The normalized spacial score (nSPS) is 11.3. The van der Waals surface area contributed by atoms with E-state index in [0.29, 0.717) is 0 Å². The van der Waals surface area contributed by atoms with Crippen LogP contribution in [-0.2, 0) is 25.6 Å². The van der Waals surface area contributed by atoms with Crippen LogP contribution in [-0.4, -0.2) is 24.6 Å². The van der Waals surface area contributed by atoms with Gasteiger partial charge in [-0.3, -0.25) is 14.2 Å². The average molecular weight is 301 g/mol. The maximum Gasteiger partial charge on any atom is 0.333 e. The number of nitrogens with zero attached hydrogens (tertiary/aromatic N) is 4. The van der Waals surface area contributed by atoms with Crippen molar-refractivity contribution in [3.05, 3.63) is 26.7 Å². The molecule has 0 spiro atoms. The Morgan fingerprint density at radius 1 is 1.29 bits per heavy atom. The van der Waals surface area contributed by atoms with Crippen LogP contribution in [0, 0.1) is 0 Å². The van der Waals surface area contributed by atoms with Gasteiger partial charge in [-0.1, -0.05) is 0 Å². The summed E-state index contributed by atoms with van der Waals surface area (Å²) in [4.78, 5) is 38.8. The predicted molar refractivity (Wildman–Crippen MR) is 69.0 cm³/mol. The van der Waals surface area contributed by atoms with Crippen LogP contribution >= 0.6 is 0 Å². The number of rotatable bonds is 3. The Bertz CT molecular complexity index is 833. The highest BCUT2D eigenvalue weighted by molar-refractivity contribution is 5.73. The summed E-state index contributed by atoms with van der Waals surface area (Å²) in [5.41, 5.74) is -1.79. The Hall–Kier alpha value is -2.52. The van der Waals surface area contributed by atoms with Crippen molar-refractivity contribution in [2.45, 2.75) is 20.0 Å². The number of fused-ring (bicyclic) bond motifs is 1. The van der Waals surface area contributed by atoms with Crippen LogP contribution in [0.5, 0.6) is 0 Å². The molecule has 8 nitrogen and oxygen atoms in total. The molecule has 2 rings (SSSR count). The van der Waals surface area contributed by atoms with Crippen LogP contribution in [0.4, 0.5) is 8.78 Å². The molecule has 2 heterocycles. The maximum atomic E-state index is 12.8. The second-order valence-corrected chi connectivity index (χ2v) is 4.47. The van der Waals surface area contributed by atoms with Crippen LogP contribution < -0.4 is 16.6 Å². The molecule has 0 bridgehead atoms. The van der Waals surface area contributed by atoms with E-state index in [4.69, 9.17) is 0 Å². The van der Waals surface area contributed by atoms with Gasteiger partial charge >= 0.3 is 5.69 Å². The molecule has 1 N–H and O–H groups in total. The number of halogens is 2. The van der Waals surface area contributed by atoms with Crippen molar-refractivity contribution < 1.29 is 13.6 Å². The number of carbonyl (C=O) groups excluding carboxylic acids is 1. The smallest absolute Gasteiger partial charge is 0.333 e. The van der Waals surface area contributed by atoms with Gasteiger partial charge in [-0.2, -0.15) is 0 Å². The SMILES string of the molecule is CC(=O)NCn1c(=O)c2c(nc(C(F)F)n2C)n(C)c1=O. The standard InChI is InChI=1S/C11H13F2N5O3/c1-5(19)14-4-18-10(20)6-8(17(3)11(18)21)15-9(7(12)13)16(6)2/h7H,4H2,1-3H3,(H,14,19). The molecular weight excluding hydrogens is 288 g/mol. The first-order chi connectivity index (χ1) is 9.75. The van der Waals surface area contributed by atoms with Gasteiger partial charge < -0.3 is 9.88 Å². The number of aromatic nitrogens is 4. The molecule has 0 fully saturated rings. The number of alkyl halides is 2. The molecular formula is C11H13F2N5O3. The zero-order valence-electron chi connectivity index (χ0n) is 11.6. The number of hydrogen-bond donors (Lipinski definition) is 1. The molecule has 114 valence electrons. The molecule has 0 aliphatic heterocycles. The van der Waals surface area contributed by atoms with Gasteiger partial charge in [-0.15, -0.1) is 0 Å². The lowest BCUT2D eigenvalue weighted by atomic mass is 10.5. The minimum absolute atomic E-state index is 0.123. The fraction of sp³-hybridized carbons (Fsp3) is 0.455. The lowest BCUT2D eigenvalue weighted by Gasteiger charge is -2.08. The van der Waals surface area contributed by atoms with Crippen molar-refractivity contribution >= 4 is 17.1 Å². The molecule has 0 atom stereocenters. The van der Waals surface area contributed by atoms with Crippen molar-refractivity contribution in [2.75, 3.05) is 0 Å². The van der Waals surface area contributed by atoms with Crippen molar-refractivity contribution in [1.82, 2.24) is 24.0 Å². The van der Waals surface area contributed by atoms with E-state index >= 15 is 0 Å². The molecule has 0 unspecified atom stereocenters. The Balaban J connectivity index is 2.79. The summed E-state index contributed by atoms with van der Waals surface area (Å²) in [7, 11) is 2.59. The lowest BCUT2D eigenvalue weighted by Crippen LogP contribution is -2.43. The van der Waals surface area contributed by atoms with E-state index in [0.717, 1.165) is 13.7 Å². The summed E-state index contributed by atoms with van der Waals surface area (Å²) in [6.07, 6.45) is -2.87. The molecule has 0 saturated carbocycles. The number of carbonyl (C=O) groups is 1. The summed E-state index contributed by atoms with van der Waals surface area (Å²) >= 11 is 0. The molecule has 10 heteroatoms. The number of imidazole rings is 1. The Morgan fingerprint density at radius 3 is 2.43 bits per heavy atom. The van der Waals surface area contributed by atoms with Gasteiger partial charge in [0, 0.05) is 21.0 Å². The first-order valence-electron chi connectivity index (χ1n) is 5.94. The molecule has 2 aromatic heterocycles. The van der Waals surface area contributed by atoms with Gasteiger partial charge in [0.05, 0.1) is 0 Å². The van der Waals surface area contributed by atoms with E-state index < -0.39 is 29.4 Å². The fourth-order valence-electron chi connectivity index (χ4n) is 1.99.